The molecule has 0 aliphatic rings. The third-order valence-corrected chi connectivity index (χ3v) is 1.95. The summed E-state index contributed by atoms with van der Waals surface area (Å²) in [6, 6.07) is 1.20. The fourth-order valence-electron chi connectivity index (χ4n) is 1.15. The molecular weight excluding hydrogens is 264 g/mol. The standard InChI is InChI=1S/C10H7F6NO/c11-6-2-1-5(8(12)9(6)13)7(18)3-17-4-10(14,15)16/h1-2,17H,3-4H2. The van der Waals surface area contributed by atoms with E-state index in [-0.39, 0.29) is 0 Å². The second-order valence-corrected chi connectivity index (χ2v) is 3.36. The Morgan fingerprint density at radius 3 is 2.28 bits per heavy atom. The van der Waals surface area contributed by atoms with E-state index in [0.717, 1.165) is 0 Å². The minimum absolute atomic E-state index is 0.523. The van der Waals surface area contributed by atoms with Gasteiger partial charge in [-0.2, -0.15) is 13.2 Å². The number of ketones is 1. The van der Waals surface area contributed by atoms with Crippen molar-refractivity contribution in [1.29, 1.82) is 0 Å². The van der Waals surface area contributed by atoms with E-state index in [1.54, 1.807) is 5.32 Å². The molecule has 1 rings (SSSR count). The van der Waals surface area contributed by atoms with Crippen LogP contribution in [0.15, 0.2) is 12.1 Å². The summed E-state index contributed by atoms with van der Waals surface area (Å²) in [6.07, 6.45) is -4.52. The van der Waals surface area contributed by atoms with Gasteiger partial charge in [0.15, 0.2) is 23.2 Å². The smallest absolute Gasteiger partial charge is 0.302 e. The summed E-state index contributed by atoms with van der Waals surface area (Å²) >= 11 is 0. The van der Waals surface area contributed by atoms with Crippen LogP contribution in [0.4, 0.5) is 26.3 Å². The molecule has 0 aliphatic heterocycles. The summed E-state index contributed by atoms with van der Waals surface area (Å²) < 4.78 is 73.6. The van der Waals surface area contributed by atoms with Crippen LogP contribution >= 0.6 is 0 Å². The highest BCUT2D eigenvalue weighted by molar-refractivity contribution is 5.97. The van der Waals surface area contributed by atoms with E-state index in [1.165, 1.54) is 0 Å². The molecule has 8 heteroatoms. The molecule has 0 spiro atoms. The summed E-state index contributed by atoms with van der Waals surface area (Å²) in [5, 5.41) is 1.73. The molecule has 1 aromatic rings. The minimum Gasteiger partial charge on any atom is -0.302 e. The van der Waals surface area contributed by atoms with E-state index < -0.39 is 48.1 Å². The van der Waals surface area contributed by atoms with Gasteiger partial charge in [0.05, 0.1) is 18.7 Å². The lowest BCUT2D eigenvalue weighted by molar-refractivity contribution is -0.124. The summed E-state index contributed by atoms with van der Waals surface area (Å²) in [4.78, 5) is 11.3. The van der Waals surface area contributed by atoms with Crippen LogP contribution < -0.4 is 5.32 Å². The van der Waals surface area contributed by atoms with Crippen LogP contribution in [0, 0.1) is 17.5 Å². The lowest BCUT2D eigenvalue weighted by Gasteiger charge is -2.08. The van der Waals surface area contributed by atoms with Gasteiger partial charge in [0.25, 0.3) is 0 Å². The molecule has 1 aromatic carbocycles. The predicted octanol–water partition coefficient (Wildman–Crippen LogP) is 2.44. The monoisotopic (exact) mass is 271 g/mol. The molecule has 0 saturated carbocycles. The third-order valence-electron chi connectivity index (χ3n) is 1.95. The number of carbonyl (C=O) groups excluding carboxylic acids is 1. The maximum Gasteiger partial charge on any atom is 0.401 e. The average molecular weight is 271 g/mol. The molecule has 0 unspecified atom stereocenters. The molecule has 0 atom stereocenters. The van der Waals surface area contributed by atoms with Crippen molar-refractivity contribution in [3.8, 4) is 0 Å². The zero-order valence-electron chi connectivity index (χ0n) is 8.74. The fourth-order valence-corrected chi connectivity index (χ4v) is 1.15. The Kier molecular flexibility index (Phi) is 4.33. The van der Waals surface area contributed by atoms with Crippen molar-refractivity contribution >= 4 is 5.78 Å². The molecule has 0 bridgehead atoms. The van der Waals surface area contributed by atoms with Crippen molar-refractivity contribution in [2.24, 2.45) is 0 Å². The summed E-state index contributed by atoms with van der Waals surface area (Å²) in [6.45, 7) is -2.27. The number of benzene rings is 1. The fraction of sp³-hybridized carbons (Fsp3) is 0.300. The van der Waals surface area contributed by atoms with Crippen LogP contribution in [-0.2, 0) is 0 Å². The van der Waals surface area contributed by atoms with E-state index in [9.17, 15) is 31.1 Å². The molecule has 0 heterocycles. The van der Waals surface area contributed by atoms with E-state index in [1.807, 2.05) is 0 Å². The quantitative estimate of drug-likeness (QED) is 0.517. The molecule has 18 heavy (non-hydrogen) atoms. The van der Waals surface area contributed by atoms with Crippen molar-refractivity contribution in [2.75, 3.05) is 13.1 Å². The molecule has 0 radical (unpaired) electrons. The minimum atomic E-state index is -4.52. The molecule has 0 amide bonds. The number of nitrogens with one attached hydrogen (secondary N) is 1. The number of alkyl halides is 3. The SMILES string of the molecule is O=C(CNCC(F)(F)F)c1ccc(F)c(F)c1F. The van der Waals surface area contributed by atoms with Gasteiger partial charge in [-0.1, -0.05) is 0 Å². The molecule has 100 valence electrons. The van der Waals surface area contributed by atoms with Crippen LogP contribution in [0.5, 0.6) is 0 Å². The highest BCUT2D eigenvalue weighted by atomic mass is 19.4. The summed E-state index contributed by atoms with van der Waals surface area (Å²) in [5.41, 5.74) is -0.802. The van der Waals surface area contributed by atoms with Crippen LogP contribution in [0.3, 0.4) is 0 Å². The maximum atomic E-state index is 13.1. The Morgan fingerprint density at radius 1 is 1.11 bits per heavy atom. The zero-order chi connectivity index (χ0) is 13.9. The van der Waals surface area contributed by atoms with Gasteiger partial charge in [0, 0.05) is 0 Å². The first kappa shape index (κ1) is 14.5. The van der Waals surface area contributed by atoms with Gasteiger partial charge in [-0.05, 0) is 12.1 Å². The number of hydrogen-bond donors (Lipinski definition) is 1. The van der Waals surface area contributed by atoms with Crippen LogP contribution in [0.25, 0.3) is 0 Å². The molecule has 0 saturated heterocycles. The number of halogens is 6. The highest BCUT2D eigenvalue weighted by Gasteiger charge is 2.27. The van der Waals surface area contributed by atoms with E-state index in [2.05, 4.69) is 0 Å². The highest BCUT2D eigenvalue weighted by Crippen LogP contribution is 2.16. The topological polar surface area (TPSA) is 29.1 Å². The second kappa shape index (κ2) is 5.38. The average Bonchev–Trinajstić information content (AvgIpc) is 2.24. The van der Waals surface area contributed by atoms with Crippen LogP contribution in [0.1, 0.15) is 10.4 Å². The molecule has 1 N–H and O–H groups in total. The first-order valence-electron chi connectivity index (χ1n) is 4.66. The van der Waals surface area contributed by atoms with Gasteiger partial charge in [-0.3, -0.25) is 4.79 Å². The van der Waals surface area contributed by atoms with Gasteiger partial charge in [-0.15, -0.1) is 0 Å². The number of hydrogen-bond acceptors (Lipinski definition) is 2. The molecule has 2 nitrogen and oxygen atoms in total. The summed E-state index contributed by atoms with van der Waals surface area (Å²) in [7, 11) is 0. The first-order chi connectivity index (χ1) is 8.22. The van der Waals surface area contributed by atoms with Crippen molar-refractivity contribution in [1.82, 2.24) is 5.32 Å². The van der Waals surface area contributed by atoms with E-state index in [4.69, 9.17) is 0 Å². The Morgan fingerprint density at radius 2 is 1.72 bits per heavy atom. The molecule has 0 aromatic heterocycles. The van der Waals surface area contributed by atoms with Crippen molar-refractivity contribution in [3.05, 3.63) is 35.1 Å². The number of Topliss-reactive ketones (excluding diaryl/α,β-unsaturated/α-hetero) is 1. The third kappa shape index (κ3) is 3.73. The van der Waals surface area contributed by atoms with Gasteiger partial charge in [0.2, 0.25) is 0 Å². The first-order valence-corrected chi connectivity index (χ1v) is 4.66. The molecule has 0 fully saturated rings. The molecular formula is C10H7F6NO. The number of rotatable bonds is 4. The lowest BCUT2D eigenvalue weighted by Crippen LogP contribution is -2.33. The van der Waals surface area contributed by atoms with Crippen molar-refractivity contribution < 1.29 is 31.1 Å². The molecule has 0 aliphatic carbocycles. The zero-order valence-corrected chi connectivity index (χ0v) is 8.74. The lowest BCUT2D eigenvalue weighted by atomic mass is 10.1. The van der Waals surface area contributed by atoms with Gasteiger partial charge in [-0.25, -0.2) is 13.2 Å². The predicted molar refractivity (Wildman–Crippen MR) is 49.6 cm³/mol. The van der Waals surface area contributed by atoms with Gasteiger partial charge in [0.1, 0.15) is 0 Å². The second-order valence-electron chi connectivity index (χ2n) is 3.36. The van der Waals surface area contributed by atoms with Crippen LogP contribution in [0.2, 0.25) is 0 Å². The summed E-state index contributed by atoms with van der Waals surface area (Å²) in [5.74, 6) is -6.13. The maximum absolute atomic E-state index is 13.1. The Hall–Kier alpha value is -1.57. The Bertz CT molecular complexity index is 456. The van der Waals surface area contributed by atoms with Gasteiger partial charge >= 0.3 is 6.18 Å². The van der Waals surface area contributed by atoms with E-state index >= 15 is 0 Å². The Balaban J connectivity index is 2.71. The number of carbonyl (C=O) groups is 1. The van der Waals surface area contributed by atoms with Crippen molar-refractivity contribution in [3.63, 3.8) is 0 Å². The van der Waals surface area contributed by atoms with E-state index in [0.29, 0.717) is 12.1 Å². The van der Waals surface area contributed by atoms with Gasteiger partial charge < -0.3 is 5.32 Å². The van der Waals surface area contributed by atoms with Crippen LogP contribution in [-0.4, -0.2) is 25.0 Å². The normalized spacial score (nSPS) is 11.7. The Labute approximate surface area is 97.6 Å². The largest absolute Gasteiger partial charge is 0.401 e. The van der Waals surface area contributed by atoms with Crippen molar-refractivity contribution in [2.45, 2.75) is 6.18 Å².